The maximum absolute atomic E-state index is 12.5. The van der Waals surface area contributed by atoms with Gasteiger partial charge in [0.2, 0.25) is 0 Å². The van der Waals surface area contributed by atoms with Crippen molar-refractivity contribution in [3.63, 3.8) is 0 Å². The van der Waals surface area contributed by atoms with Crippen molar-refractivity contribution in [1.29, 1.82) is 0 Å². The van der Waals surface area contributed by atoms with E-state index in [4.69, 9.17) is 4.74 Å². The Labute approximate surface area is 167 Å². The number of hydrogen-bond donors (Lipinski definition) is 1. The van der Waals surface area contributed by atoms with Gasteiger partial charge in [-0.05, 0) is 49.2 Å². The molecule has 1 saturated heterocycles. The largest absolute Gasteiger partial charge is 0.457 e. The van der Waals surface area contributed by atoms with Gasteiger partial charge in [-0.1, -0.05) is 37.5 Å². The van der Waals surface area contributed by atoms with E-state index in [-0.39, 0.29) is 6.03 Å². The molecule has 1 aliphatic heterocycles. The van der Waals surface area contributed by atoms with Crippen molar-refractivity contribution in [3.05, 3.63) is 54.6 Å². The molecule has 0 unspecified atom stereocenters. The predicted molar refractivity (Wildman–Crippen MR) is 112 cm³/mol. The summed E-state index contributed by atoms with van der Waals surface area (Å²) in [6, 6.07) is 18.5. The number of carbonyl (C=O) groups is 1. The number of amides is 2. The summed E-state index contributed by atoms with van der Waals surface area (Å²) >= 11 is 0. The van der Waals surface area contributed by atoms with E-state index in [0.717, 1.165) is 50.5 Å². The van der Waals surface area contributed by atoms with Crippen molar-refractivity contribution in [1.82, 2.24) is 10.2 Å². The molecule has 1 saturated carbocycles. The second-order valence-electron chi connectivity index (χ2n) is 7.67. The summed E-state index contributed by atoms with van der Waals surface area (Å²) < 4.78 is 5.86. The summed E-state index contributed by atoms with van der Waals surface area (Å²) in [5, 5.41) is 3.23. The summed E-state index contributed by atoms with van der Waals surface area (Å²) in [6.07, 6.45) is 6.04. The molecule has 1 N–H and O–H groups in total. The maximum atomic E-state index is 12.5. The summed E-state index contributed by atoms with van der Waals surface area (Å²) in [6.45, 7) is 3.25. The number of ether oxygens (including phenoxy) is 1. The smallest absolute Gasteiger partial charge is 0.317 e. The van der Waals surface area contributed by atoms with Crippen LogP contribution in [0.15, 0.2) is 54.6 Å². The SMILES string of the molecule is O=C(NC1CCCCC1)N1CCN(c2ccc(Oc3ccccc3)cc2)CC1. The molecule has 0 atom stereocenters. The molecular weight excluding hydrogens is 350 g/mol. The fourth-order valence-corrected chi connectivity index (χ4v) is 4.03. The third kappa shape index (κ3) is 4.77. The maximum Gasteiger partial charge on any atom is 0.317 e. The fourth-order valence-electron chi connectivity index (χ4n) is 4.03. The van der Waals surface area contributed by atoms with E-state index in [1.165, 1.54) is 24.9 Å². The van der Waals surface area contributed by atoms with Gasteiger partial charge in [-0.2, -0.15) is 0 Å². The Bertz CT molecular complexity index is 749. The van der Waals surface area contributed by atoms with Crippen molar-refractivity contribution in [3.8, 4) is 11.5 Å². The first-order chi connectivity index (χ1) is 13.8. The first-order valence-corrected chi connectivity index (χ1v) is 10.4. The van der Waals surface area contributed by atoms with Gasteiger partial charge in [0.15, 0.2) is 0 Å². The molecule has 0 radical (unpaired) electrons. The number of para-hydroxylation sites is 1. The van der Waals surface area contributed by atoms with E-state index in [2.05, 4.69) is 22.3 Å². The third-order valence-electron chi connectivity index (χ3n) is 5.68. The first-order valence-electron chi connectivity index (χ1n) is 10.4. The Morgan fingerprint density at radius 3 is 2.14 bits per heavy atom. The summed E-state index contributed by atoms with van der Waals surface area (Å²) in [7, 11) is 0. The summed E-state index contributed by atoms with van der Waals surface area (Å²) in [4.78, 5) is 16.8. The average Bonchev–Trinajstić information content (AvgIpc) is 2.76. The van der Waals surface area contributed by atoms with Gasteiger partial charge in [-0.3, -0.25) is 0 Å². The van der Waals surface area contributed by atoms with Gasteiger partial charge in [0, 0.05) is 37.9 Å². The van der Waals surface area contributed by atoms with Gasteiger partial charge < -0.3 is 19.9 Å². The van der Waals surface area contributed by atoms with E-state index >= 15 is 0 Å². The van der Waals surface area contributed by atoms with Crippen LogP contribution in [-0.4, -0.2) is 43.2 Å². The van der Waals surface area contributed by atoms with Crippen LogP contribution in [0.25, 0.3) is 0 Å². The topological polar surface area (TPSA) is 44.8 Å². The molecule has 2 aliphatic rings. The Hall–Kier alpha value is -2.69. The van der Waals surface area contributed by atoms with E-state index in [1.807, 2.05) is 47.4 Å². The molecule has 1 heterocycles. The van der Waals surface area contributed by atoms with Crippen LogP contribution in [0, 0.1) is 0 Å². The molecule has 0 bridgehead atoms. The van der Waals surface area contributed by atoms with Crippen molar-refractivity contribution in [2.45, 2.75) is 38.1 Å². The molecule has 5 heteroatoms. The number of hydrogen-bond acceptors (Lipinski definition) is 3. The zero-order valence-corrected chi connectivity index (χ0v) is 16.3. The number of nitrogens with zero attached hydrogens (tertiary/aromatic N) is 2. The lowest BCUT2D eigenvalue weighted by atomic mass is 9.96. The highest BCUT2D eigenvalue weighted by Crippen LogP contribution is 2.25. The number of benzene rings is 2. The lowest BCUT2D eigenvalue weighted by Gasteiger charge is -2.37. The molecule has 0 spiro atoms. The molecule has 2 aromatic rings. The van der Waals surface area contributed by atoms with Crippen molar-refractivity contribution < 1.29 is 9.53 Å². The quantitative estimate of drug-likeness (QED) is 0.841. The average molecular weight is 380 g/mol. The van der Waals surface area contributed by atoms with Crippen LogP contribution in [0.4, 0.5) is 10.5 Å². The second-order valence-corrected chi connectivity index (χ2v) is 7.67. The van der Waals surface area contributed by atoms with E-state index in [9.17, 15) is 4.79 Å². The summed E-state index contributed by atoms with van der Waals surface area (Å²) in [5.41, 5.74) is 1.17. The molecule has 2 fully saturated rings. The normalized spacial score (nSPS) is 18.0. The van der Waals surface area contributed by atoms with Gasteiger partial charge in [-0.15, -0.1) is 0 Å². The number of rotatable bonds is 4. The molecule has 2 aromatic carbocycles. The van der Waals surface area contributed by atoms with E-state index in [0.29, 0.717) is 6.04 Å². The third-order valence-corrected chi connectivity index (χ3v) is 5.68. The van der Waals surface area contributed by atoms with Crippen molar-refractivity contribution in [2.24, 2.45) is 0 Å². The number of piperazine rings is 1. The second kappa shape index (κ2) is 9.00. The Kier molecular flexibility index (Phi) is 6.00. The van der Waals surface area contributed by atoms with Gasteiger partial charge in [-0.25, -0.2) is 4.79 Å². The minimum atomic E-state index is 0.109. The van der Waals surface area contributed by atoms with Crippen LogP contribution in [0.3, 0.4) is 0 Å². The van der Waals surface area contributed by atoms with Crippen LogP contribution in [0.5, 0.6) is 11.5 Å². The van der Waals surface area contributed by atoms with Crippen LogP contribution >= 0.6 is 0 Å². The molecule has 2 amide bonds. The van der Waals surface area contributed by atoms with Gasteiger partial charge >= 0.3 is 6.03 Å². The highest BCUT2D eigenvalue weighted by molar-refractivity contribution is 5.75. The monoisotopic (exact) mass is 379 g/mol. The van der Waals surface area contributed by atoms with Crippen LogP contribution < -0.4 is 15.0 Å². The van der Waals surface area contributed by atoms with E-state index in [1.54, 1.807) is 0 Å². The Morgan fingerprint density at radius 1 is 0.821 bits per heavy atom. The molecule has 5 nitrogen and oxygen atoms in total. The lowest BCUT2D eigenvalue weighted by molar-refractivity contribution is 0.186. The van der Waals surface area contributed by atoms with Gasteiger partial charge in [0.05, 0.1) is 0 Å². The first kappa shape index (κ1) is 18.7. The molecular formula is C23H29N3O2. The minimum absolute atomic E-state index is 0.109. The number of urea groups is 1. The van der Waals surface area contributed by atoms with Crippen molar-refractivity contribution in [2.75, 3.05) is 31.1 Å². The minimum Gasteiger partial charge on any atom is -0.457 e. The summed E-state index contributed by atoms with van der Waals surface area (Å²) in [5.74, 6) is 1.67. The van der Waals surface area contributed by atoms with Crippen LogP contribution in [-0.2, 0) is 0 Å². The number of carbonyl (C=O) groups excluding carboxylic acids is 1. The van der Waals surface area contributed by atoms with Gasteiger partial charge in [0.1, 0.15) is 11.5 Å². The molecule has 0 aromatic heterocycles. The molecule has 4 rings (SSSR count). The number of nitrogens with one attached hydrogen (secondary N) is 1. The predicted octanol–water partition coefficient (Wildman–Crippen LogP) is 4.64. The van der Waals surface area contributed by atoms with Gasteiger partial charge in [0.25, 0.3) is 0 Å². The zero-order chi connectivity index (χ0) is 19.2. The van der Waals surface area contributed by atoms with Crippen LogP contribution in [0.2, 0.25) is 0 Å². The Morgan fingerprint density at radius 2 is 1.46 bits per heavy atom. The lowest BCUT2D eigenvalue weighted by Crippen LogP contribution is -2.53. The molecule has 28 heavy (non-hydrogen) atoms. The number of anilines is 1. The molecule has 148 valence electrons. The highest BCUT2D eigenvalue weighted by Gasteiger charge is 2.24. The highest BCUT2D eigenvalue weighted by atomic mass is 16.5. The molecule has 1 aliphatic carbocycles. The van der Waals surface area contributed by atoms with Crippen LogP contribution in [0.1, 0.15) is 32.1 Å². The fraction of sp³-hybridized carbons (Fsp3) is 0.435. The van der Waals surface area contributed by atoms with Crippen molar-refractivity contribution >= 4 is 11.7 Å². The standard InChI is InChI=1S/C23H29N3O2/c27-23(24-19-7-3-1-4-8-19)26-17-15-25(16-18-26)20-11-13-22(14-12-20)28-21-9-5-2-6-10-21/h2,5-6,9-14,19H,1,3-4,7-8,15-18H2,(H,24,27). The van der Waals surface area contributed by atoms with E-state index < -0.39 is 0 Å². The zero-order valence-electron chi connectivity index (χ0n) is 16.3. The Balaban J connectivity index is 1.27.